The molecule has 0 saturated heterocycles. The number of rotatable bonds is 8. The fourth-order valence-corrected chi connectivity index (χ4v) is 4.94. The molecule has 0 spiro atoms. The van der Waals surface area contributed by atoms with E-state index in [1.165, 1.54) is 11.3 Å². The highest BCUT2D eigenvalue weighted by Gasteiger charge is 2.18. The van der Waals surface area contributed by atoms with E-state index in [0.717, 1.165) is 26.8 Å². The maximum atomic E-state index is 11.0. The van der Waals surface area contributed by atoms with Crippen molar-refractivity contribution < 1.29 is 13.0 Å². The summed E-state index contributed by atoms with van der Waals surface area (Å²) in [6.07, 6.45) is 0.600. The fourth-order valence-electron chi connectivity index (χ4n) is 2.99. The highest BCUT2D eigenvalue weighted by atomic mass is 32.2. The van der Waals surface area contributed by atoms with E-state index in [-0.39, 0.29) is 11.7 Å². The number of benzene rings is 2. The van der Waals surface area contributed by atoms with Gasteiger partial charge in [0.05, 0.1) is 17.4 Å². The van der Waals surface area contributed by atoms with E-state index in [1.54, 1.807) is 35.6 Å². The molecule has 4 aromatic rings. The van der Waals surface area contributed by atoms with Crippen molar-refractivity contribution in [3.05, 3.63) is 76.2 Å². The molecule has 2 aromatic heterocycles. The molecule has 0 radical (unpaired) electrons. The average molecular weight is 474 g/mol. The molecule has 0 fully saturated rings. The van der Waals surface area contributed by atoms with Crippen LogP contribution < -0.4 is 10.0 Å². The average Bonchev–Trinajstić information content (AvgIpc) is 3.38. The molecule has 3 N–H and O–H groups in total. The third-order valence-electron chi connectivity index (χ3n) is 4.36. The van der Waals surface area contributed by atoms with Gasteiger partial charge in [-0.2, -0.15) is 8.42 Å². The lowest BCUT2D eigenvalue weighted by Crippen LogP contribution is -2.14. The minimum Gasteiger partial charge on any atom is -0.351 e. The van der Waals surface area contributed by atoms with Crippen LogP contribution in [-0.2, 0) is 16.7 Å². The lowest BCUT2D eigenvalue weighted by atomic mass is 10.0. The molecule has 0 aliphatic rings. The van der Waals surface area contributed by atoms with Crippen molar-refractivity contribution in [1.29, 1.82) is 0 Å². The summed E-state index contributed by atoms with van der Waals surface area (Å²) in [5, 5.41) is 16.2. The van der Waals surface area contributed by atoms with E-state index in [1.807, 2.05) is 47.4 Å². The van der Waals surface area contributed by atoms with Crippen LogP contribution in [0.15, 0.2) is 60.0 Å². The number of thiazole rings is 1. The minimum absolute atomic E-state index is 0.151. The summed E-state index contributed by atoms with van der Waals surface area (Å²) in [7, 11) is -4.30. The second-order valence-corrected chi connectivity index (χ2v) is 9.94. The second-order valence-electron chi connectivity index (χ2n) is 6.74. The van der Waals surface area contributed by atoms with Gasteiger partial charge in [-0.3, -0.25) is 9.27 Å². The number of hydrogen-bond donors (Lipinski definition) is 3. The summed E-state index contributed by atoms with van der Waals surface area (Å²) in [6, 6.07) is 16.7. The van der Waals surface area contributed by atoms with E-state index in [2.05, 4.69) is 15.5 Å². The van der Waals surface area contributed by atoms with Gasteiger partial charge < -0.3 is 5.32 Å². The van der Waals surface area contributed by atoms with Crippen molar-refractivity contribution in [2.24, 2.45) is 0 Å². The largest absolute Gasteiger partial charge is 0.357 e. The van der Waals surface area contributed by atoms with Crippen molar-refractivity contribution in [3.63, 3.8) is 0 Å². The van der Waals surface area contributed by atoms with Gasteiger partial charge in [0.15, 0.2) is 0 Å². The fraction of sp³-hybridized carbons (Fsp3) is 0.150. The highest BCUT2D eigenvalue weighted by molar-refractivity contribution is 7.87. The molecular formula is C20H19N5O3S3. The molecule has 0 amide bonds. The van der Waals surface area contributed by atoms with E-state index < -0.39 is 10.3 Å². The molecule has 11 heteroatoms. The van der Waals surface area contributed by atoms with Crippen molar-refractivity contribution in [2.75, 3.05) is 10.0 Å². The Balaban J connectivity index is 1.58. The van der Waals surface area contributed by atoms with Crippen molar-refractivity contribution >= 4 is 43.8 Å². The smallest absolute Gasteiger partial charge is 0.351 e. The zero-order valence-corrected chi connectivity index (χ0v) is 18.8. The Kier molecular flexibility index (Phi) is 6.28. The Morgan fingerprint density at radius 2 is 1.81 bits per heavy atom. The van der Waals surface area contributed by atoms with Gasteiger partial charge in [-0.25, -0.2) is 4.98 Å². The zero-order chi connectivity index (χ0) is 21.8. The predicted molar refractivity (Wildman–Crippen MR) is 124 cm³/mol. The quantitative estimate of drug-likeness (QED) is 0.321. The topological polar surface area (TPSA) is 117 Å². The number of aryl methyl sites for hydroxylation is 1. The van der Waals surface area contributed by atoms with Crippen LogP contribution in [-0.4, -0.2) is 28.2 Å². The van der Waals surface area contributed by atoms with Crippen molar-refractivity contribution in [3.8, 4) is 10.6 Å². The Morgan fingerprint density at radius 3 is 2.45 bits per heavy atom. The molecule has 0 aliphatic heterocycles. The molecule has 0 saturated carbocycles. The first-order valence-electron chi connectivity index (χ1n) is 9.27. The second kappa shape index (κ2) is 9.10. The molecule has 0 bridgehead atoms. The molecule has 8 nitrogen and oxygen atoms in total. The molecule has 1 unspecified atom stereocenters. The van der Waals surface area contributed by atoms with Crippen molar-refractivity contribution in [2.45, 2.75) is 19.4 Å². The number of hydrogen-bond acceptors (Lipinski definition) is 8. The number of nitrogens with one attached hydrogen (secondary N) is 2. The van der Waals surface area contributed by atoms with Crippen LogP contribution in [0, 0.1) is 6.92 Å². The molecule has 2 aromatic carbocycles. The zero-order valence-electron chi connectivity index (χ0n) is 16.4. The van der Waals surface area contributed by atoms with Crippen LogP contribution in [0.2, 0.25) is 0 Å². The minimum atomic E-state index is -4.30. The molecule has 2 heterocycles. The van der Waals surface area contributed by atoms with E-state index in [9.17, 15) is 8.42 Å². The third kappa shape index (κ3) is 5.85. The maximum absolute atomic E-state index is 11.0. The Labute approximate surface area is 187 Å². The van der Waals surface area contributed by atoms with E-state index >= 15 is 0 Å². The Bertz CT molecular complexity index is 1250. The first-order chi connectivity index (χ1) is 14.9. The van der Waals surface area contributed by atoms with Crippen LogP contribution in [0.3, 0.4) is 0 Å². The maximum Gasteiger partial charge on any atom is 0.357 e. The Morgan fingerprint density at radius 1 is 1.06 bits per heavy atom. The van der Waals surface area contributed by atoms with Crippen LogP contribution in [0.25, 0.3) is 10.6 Å². The Hall–Kier alpha value is -2.86. The third-order valence-corrected chi connectivity index (χ3v) is 6.54. The van der Waals surface area contributed by atoms with Crippen molar-refractivity contribution in [1.82, 2.24) is 15.2 Å². The molecule has 4 rings (SSSR count). The van der Waals surface area contributed by atoms with Crippen LogP contribution in [0.1, 0.15) is 22.3 Å². The normalized spacial score (nSPS) is 12.5. The SMILES string of the molecule is Cc1nnc(NC(Cc2ccc(NS(=O)(=O)O)cc2)c2csc(-c3ccccc3)n2)s1. The van der Waals surface area contributed by atoms with Crippen LogP contribution in [0.5, 0.6) is 0 Å². The first-order valence-corrected chi connectivity index (χ1v) is 12.4. The van der Waals surface area contributed by atoms with Gasteiger partial charge in [0.2, 0.25) is 5.13 Å². The summed E-state index contributed by atoms with van der Waals surface area (Å²) in [5.74, 6) is 0. The van der Waals surface area contributed by atoms with E-state index in [4.69, 9.17) is 9.54 Å². The molecule has 31 heavy (non-hydrogen) atoms. The van der Waals surface area contributed by atoms with Gasteiger partial charge in [0, 0.05) is 10.9 Å². The molecule has 1 atom stereocenters. The summed E-state index contributed by atoms with van der Waals surface area (Å²) in [5.41, 5.74) is 3.20. The summed E-state index contributed by atoms with van der Waals surface area (Å²) in [6.45, 7) is 1.90. The monoisotopic (exact) mass is 473 g/mol. The highest BCUT2D eigenvalue weighted by Crippen LogP contribution is 2.30. The van der Waals surface area contributed by atoms with Crippen LogP contribution in [0.4, 0.5) is 10.8 Å². The van der Waals surface area contributed by atoms with Gasteiger partial charge in [-0.15, -0.1) is 21.5 Å². The van der Waals surface area contributed by atoms with Crippen LogP contribution >= 0.6 is 22.7 Å². The van der Waals surface area contributed by atoms with Gasteiger partial charge >= 0.3 is 10.3 Å². The summed E-state index contributed by atoms with van der Waals surface area (Å²) in [4.78, 5) is 4.83. The molecular weight excluding hydrogens is 454 g/mol. The standard InChI is InChI=1S/C20H19N5O3S3/c1-13-23-24-20(30-13)22-17(11-14-7-9-16(10-8-14)25-31(26,27)28)18-12-29-19(21-18)15-5-3-2-4-6-15/h2-10,12,17,25H,11H2,1H3,(H,22,24)(H,26,27,28). The van der Waals surface area contributed by atoms with Gasteiger partial charge in [0.25, 0.3) is 0 Å². The van der Waals surface area contributed by atoms with E-state index in [0.29, 0.717) is 11.6 Å². The van der Waals surface area contributed by atoms with Gasteiger partial charge in [-0.1, -0.05) is 53.8 Å². The first kappa shape index (κ1) is 21.4. The number of nitrogens with zero attached hydrogens (tertiary/aromatic N) is 3. The lowest BCUT2D eigenvalue weighted by Gasteiger charge is -2.16. The molecule has 160 valence electrons. The van der Waals surface area contributed by atoms with Gasteiger partial charge in [-0.05, 0) is 31.0 Å². The number of anilines is 2. The predicted octanol–water partition coefficient (Wildman–Crippen LogP) is 4.58. The lowest BCUT2D eigenvalue weighted by molar-refractivity contribution is 0.489. The summed E-state index contributed by atoms with van der Waals surface area (Å²) < 4.78 is 32.9. The number of aromatic nitrogens is 3. The van der Waals surface area contributed by atoms with Gasteiger partial charge in [0.1, 0.15) is 10.0 Å². The molecule has 0 aliphatic carbocycles. The summed E-state index contributed by atoms with van der Waals surface area (Å²) >= 11 is 3.05.